The van der Waals surface area contributed by atoms with E-state index in [2.05, 4.69) is 70.7 Å². The number of nitrogens with two attached hydrogens (primary N) is 1. The van der Waals surface area contributed by atoms with E-state index in [-0.39, 0.29) is 0 Å². The Kier molecular flexibility index (Phi) is 5.13. The van der Waals surface area contributed by atoms with Crippen molar-refractivity contribution < 1.29 is 0 Å². The van der Waals surface area contributed by atoms with Gasteiger partial charge in [0.25, 0.3) is 0 Å². The molecule has 4 heteroatoms. The highest BCUT2D eigenvalue weighted by molar-refractivity contribution is 9.10. The minimum Gasteiger partial charge on any atom is -0.329 e. The summed E-state index contributed by atoms with van der Waals surface area (Å²) in [4.78, 5) is 2.56. The van der Waals surface area contributed by atoms with E-state index < -0.39 is 0 Å². The van der Waals surface area contributed by atoms with Crippen LogP contribution in [-0.4, -0.2) is 35.0 Å². The Bertz CT molecular complexity index is 399. The van der Waals surface area contributed by atoms with Gasteiger partial charge in [-0.25, -0.2) is 0 Å². The lowest BCUT2D eigenvalue weighted by molar-refractivity contribution is 0.150. The molecule has 0 aromatic heterocycles. The van der Waals surface area contributed by atoms with Gasteiger partial charge in [-0.3, -0.25) is 4.90 Å². The van der Waals surface area contributed by atoms with Crippen molar-refractivity contribution in [3.63, 3.8) is 0 Å². The zero-order valence-corrected chi connectivity index (χ0v) is 13.4. The largest absolute Gasteiger partial charge is 0.329 e. The molecule has 0 spiro atoms. The van der Waals surface area contributed by atoms with Crippen molar-refractivity contribution in [2.45, 2.75) is 31.2 Å². The van der Waals surface area contributed by atoms with Crippen molar-refractivity contribution >= 4 is 27.7 Å². The third-order valence-electron chi connectivity index (χ3n) is 3.82. The zero-order valence-electron chi connectivity index (χ0n) is 11.0. The smallest absolute Gasteiger partial charge is 0.0485 e. The van der Waals surface area contributed by atoms with Crippen LogP contribution in [0.15, 0.2) is 28.7 Å². The van der Waals surface area contributed by atoms with Gasteiger partial charge >= 0.3 is 0 Å². The normalized spacial score (nSPS) is 27.1. The van der Waals surface area contributed by atoms with Gasteiger partial charge in [-0.05, 0) is 18.6 Å². The van der Waals surface area contributed by atoms with E-state index in [0.29, 0.717) is 23.9 Å². The first-order valence-electron chi connectivity index (χ1n) is 6.47. The highest BCUT2D eigenvalue weighted by atomic mass is 79.9. The molecular formula is C14H21BrN2S. The first-order valence-corrected chi connectivity index (χ1v) is 8.31. The molecular weight excluding hydrogens is 308 g/mol. The molecule has 18 heavy (non-hydrogen) atoms. The summed E-state index contributed by atoms with van der Waals surface area (Å²) >= 11 is 5.71. The molecule has 3 unspecified atom stereocenters. The first kappa shape index (κ1) is 14.4. The van der Waals surface area contributed by atoms with Gasteiger partial charge in [0.15, 0.2) is 0 Å². The Hall–Kier alpha value is -0.0300. The maximum Gasteiger partial charge on any atom is 0.0485 e. The van der Waals surface area contributed by atoms with Crippen molar-refractivity contribution in [1.82, 2.24) is 4.90 Å². The standard InChI is InChI=1S/C14H21BrN2S/c1-10-11(2)18-8-7-17(10)14(9-16)12-5-3-4-6-13(12)15/h3-6,10-11,14H,7-9,16H2,1-2H3. The summed E-state index contributed by atoms with van der Waals surface area (Å²) in [6.07, 6.45) is 0. The lowest BCUT2D eigenvalue weighted by Crippen LogP contribution is -2.48. The molecule has 1 aliphatic rings. The number of hydrogen-bond acceptors (Lipinski definition) is 3. The second-order valence-corrected chi connectivity index (χ2v) is 7.17. The van der Waals surface area contributed by atoms with Crippen molar-refractivity contribution in [2.24, 2.45) is 5.73 Å². The maximum atomic E-state index is 6.04. The van der Waals surface area contributed by atoms with Crippen LogP contribution in [0.4, 0.5) is 0 Å². The third kappa shape index (κ3) is 2.93. The fourth-order valence-corrected chi connectivity index (χ4v) is 4.25. The molecule has 1 fully saturated rings. The molecule has 0 aliphatic carbocycles. The van der Waals surface area contributed by atoms with Crippen LogP contribution in [0.2, 0.25) is 0 Å². The van der Waals surface area contributed by atoms with Crippen molar-refractivity contribution in [2.75, 3.05) is 18.8 Å². The average Bonchev–Trinajstić information content (AvgIpc) is 2.37. The SMILES string of the molecule is CC1SCCN(C(CN)c2ccccc2Br)C1C. The fourth-order valence-electron chi connectivity index (χ4n) is 2.58. The van der Waals surface area contributed by atoms with E-state index in [0.717, 1.165) is 6.54 Å². The number of nitrogens with zero attached hydrogens (tertiary/aromatic N) is 1. The van der Waals surface area contributed by atoms with Crippen molar-refractivity contribution in [1.29, 1.82) is 0 Å². The molecule has 1 aromatic rings. The Morgan fingerprint density at radius 2 is 2.17 bits per heavy atom. The van der Waals surface area contributed by atoms with E-state index in [9.17, 15) is 0 Å². The van der Waals surface area contributed by atoms with Gasteiger partial charge in [0.1, 0.15) is 0 Å². The van der Waals surface area contributed by atoms with Crippen LogP contribution < -0.4 is 5.73 Å². The van der Waals surface area contributed by atoms with Crippen LogP contribution in [0.1, 0.15) is 25.5 Å². The number of hydrogen-bond donors (Lipinski definition) is 1. The van der Waals surface area contributed by atoms with Gasteiger partial charge in [-0.15, -0.1) is 0 Å². The summed E-state index contributed by atoms with van der Waals surface area (Å²) in [5, 5.41) is 0.676. The molecule has 2 N–H and O–H groups in total. The summed E-state index contributed by atoms with van der Waals surface area (Å²) in [6, 6.07) is 9.32. The van der Waals surface area contributed by atoms with Gasteiger partial charge in [-0.1, -0.05) is 41.1 Å². The average molecular weight is 329 g/mol. The molecule has 1 heterocycles. The third-order valence-corrected chi connectivity index (χ3v) is 5.88. The van der Waals surface area contributed by atoms with E-state index in [1.54, 1.807) is 0 Å². The minimum atomic E-state index is 0.318. The van der Waals surface area contributed by atoms with Gasteiger partial charge in [-0.2, -0.15) is 11.8 Å². The van der Waals surface area contributed by atoms with Crippen LogP contribution in [0.5, 0.6) is 0 Å². The topological polar surface area (TPSA) is 29.3 Å². The quantitative estimate of drug-likeness (QED) is 0.923. The van der Waals surface area contributed by atoms with Crippen molar-refractivity contribution in [3.8, 4) is 0 Å². The summed E-state index contributed by atoms with van der Waals surface area (Å²) in [7, 11) is 0. The monoisotopic (exact) mass is 328 g/mol. The zero-order chi connectivity index (χ0) is 13.1. The molecule has 0 bridgehead atoms. The van der Waals surface area contributed by atoms with Crippen LogP contribution in [0, 0.1) is 0 Å². The summed E-state index contributed by atoms with van der Waals surface area (Å²) in [5.41, 5.74) is 7.35. The molecule has 1 aliphatic heterocycles. The lowest BCUT2D eigenvalue weighted by Gasteiger charge is -2.42. The molecule has 2 rings (SSSR count). The van der Waals surface area contributed by atoms with Crippen molar-refractivity contribution in [3.05, 3.63) is 34.3 Å². The van der Waals surface area contributed by atoms with E-state index in [1.807, 2.05) is 0 Å². The summed E-state index contributed by atoms with van der Waals surface area (Å²) < 4.78 is 1.17. The summed E-state index contributed by atoms with van der Waals surface area (Å²) in [6.45, 7) is 6.43. The number of thioether (sulfide) groups is 1. The maximum absolute atomic E-state index is 6.04. The predicted octanol–water partition coefficient (Wildman–Crippen LogP) is 3.27. The Labute approximate surface area is 122 Å². The van der Waals surface area contributed by atoms with Crippen LogP contribution in [0.3, 0.4) is 0 Å². The Balaban J connectivity index is 2.25. The molecule has 1 aromatic carbocycles. The summed E-state index contributed by atoms with van der Waals surface area (Å²) in [5.74, 6) is 1.20. The molecule has 2 nitrogen and oxygen atoms in total. The second kappa shape index (κ2) is 6.42. The highest BCUT2D eigenvalue weighted by Gasteiger charge is 2.31. The molecule has 0 amide bonds. The fraction of sp³-hybridized carbons (Fsp3) is 0.571. The van der Waals surface area contributed by atoms with Crippen LogP contribution in [0.25, 0.3) is 0 Å². The first-order chi connectivity index (χ1) is 8.65. The highest BCUT2D eigenvalue weighted by Crippen LogP contribution is 2.33. The van der Waals surface area contributed by atoms with Gasteiger partial charge in [0.05, 0.1) is 0 Å². The van der Waals surface area contributed by atoms with Gasteiger partial charge in [0, 0.05) is 40.6 Å². The number of rotatable bonds is 3. The molecule has 3 atom stereocenters. The van der Waals surface area contributed by atoms with Gasteiger partial charge in [0.2, 0.25) is 0 Å². The van der Waals surface area contributed by atoms with Crippen LogP contribution >= 0.6 is 27.7 Å². The molecule has 1 saturated heterocycles. The second-order valence-electron chi connectivity index (χ2n) is 4.83. The van der Waals surface area contributed by atoms with Crippen LogP contribution in [-0.2, 0) is 0 Å². The Morgan fingerprint density at radius 1 is 1.44 bits per heavy atom. The van der Waals surface area contributed by atoms with E-state index in [1.165, 1.54) is 15.8 Å². The number of benzene rings is 1. The molecule has 100 valence electrons. The number of halogens is 1. The molecule has 0 radical (unpaired) electrons. The lowest BCUT2D eigenvalue weighted by atomic mass is 10.0. The van der Waals surface area contributed by atoms with E-state index in [4.69, 9.17) is 5.73 Å². The van der Waals surface area contributed by atoms with Gasteiger partial charge < -0.3 is 5.73 Å². The predicted molar refractivity (Wildman–Crippen MR) is 84.0 cm³/mol. The Morgan fingerprint density at radius 3 is 2.83 bits per heavy atom. The molecule has 0 saturated carbocycles. The minimum absolute atomic E-state index is 0.318. The van der Waals surface area contributed by atoms with E-state index >= 15 is 0 Å².